The van der Waals surface area contributed by atoms with Crippen LogP contribution in [0.15, 0.2) is 24.5 Å². The van der Waals surface area contributed by atoms with Gasteiger partial charge in [0, 0.05) is 26.2 Å². The Morgan fingerprint density at radius 1 is 1.26 bits per heavy atom. The van der Waals surface area contributed by atoms with E-state index in [2.05, 4.69) is 21.9 Å². The van der Waals surface area contributed by atoms with Crippen molar-refractivity contribution in [1.29, 1.82) is 0 Å². The highest BCUT2D eigenvalue weighted by molar-refractivity contribution is 6.01. The van der Waals surface area contributed by atoms with E-state index in [1.807, 2.05) is 10.7 Å². The molecule has 19 heavy (non-hydrogen) atoms. The van der Waals surface area contributed by atoms with Gasteiger partial charge in [0.2, 0.25) is 0 Å². The van der Waals surface area contributed by atoms with Crippen molar-refractivity contribution in [3.63, 3.8) is 0 Å². The second kappa shape index (κ2) is 4.55. The molecule has 0 radical (unpaired) electrons. The quantitative estimate of drug-likeness (QED) is 0.857. The largest absolute Gasteiger partial charge is 0.478 e. The number of para-hydroxylation sites is 1. The van der Waals surface area contributed by atoms with Crippen LogP contribution < -0.4 is 5.01 Å². The Morgan fingerprint density at radius 2 is 2.00 bits per heavy atom. The average molecular weight is 260 g/mol. The van der Waals surface area contributed by atoms with Gasteiger partial charge in [-0.05, 0) is 19.2 Å². The summed E-state index contributed by atoms with van der Waals surface area (Å²) in [6.45, 7) is 3.68. The molecule has 2 aromatic rings. The number of carboxylic acid groups (broad SMARTS) is 1. The van der Waals surface area contributed by atoms with Gasteiger partial charge in [-0.3, -0.25) is 0 Å². The monoisotopic (exact) mass is 260 g/mol. The Labute approximate surface area is 110 Å². The van der Waals surface area contributed by atoms with E-state index in [0.717, 1.165) is 31.7 Å². The van der Waals surface area contributed by atoms with Gasteiger partial charge in [-0.15, -0.1) is 0 Å². The number of aromatic carboxylic acids is 1. The van der Waals surface area contributed by atoms with Crippen LogP contribution in [0.3, 0.4) is 0 Å². The first-order valence-electron chi connectivity index (χ1n) is 6.30. The van der Waals surface area contributed by atoms with E-state index in [4.69, 9.17) is 0 Å². The Kier molecular flexibility index (Phi) is 2.87. The molecule has 3 rings (SSSR count). The van der Waals surface area contributed by atoms with Crippen molar-refractivity contribution in [2.24, 2.45) is 0 Å². The smallest absolute Gasteiger partial charge is 0.337 e. The summed E-state index contributed by atoms with van der Waals surface area (Å²) in [4.78, 5) is 17.9. The fourth-order valence-electron chi connectivity index (χ4n) is 2.45. The van der Waals surface area contributed by atoms with Gasteiger partial charge < -0.3 is 15.0 Å². The van der Waals surface area contributed by atoms with Crippen molar-refractivity contribution >= 4 is 17.0 Å². The first-order valence-corrected chi connectivity index (χ1v) is 6.30. The minimum Gasteiger partial charge on any atom is -0.478 e. The standard InChI is InChI=1S/C13H16N4O2/c1-15-5-7-16(8-6-15)17-9-14-11-4-2-3-10(12(11)17)13(18)19/h2-4,9H,5-8H2,1H3,(H,18,19). The number of hydrogen-bond acceptors (Lipinski definition) is 4. The van der Waals surface area contributed by atoms with Gasteiger partial charge in [0.25, 0.3) is 0 Å². The van der Waals surface area contributed by atoms with Crippen LogP contribution >= 0.6 is 0 Å². The third-order valence-corrected chi connectivity index (χ3v) is 3.56. The topological polar surface area (TPSA) is 61.6 Å². The number of piperazine rings is 1. The summed E-state index contributed by atoms with van der Waals surface area (Å²) in [5, 5.41) is 11.4. The zero-order chi connectivity index (χ0) is 13.4. The van der Waals surface area contributed by atoms with Gasteiger partial charge >= 0.3 is 5.97 Å². The molecule has 0 amide bonds. The molecule has 0 aliphatic carbocycles. The minimum absolute atomic E-state index is 0.300. The summed E-state index contributed by atoms with van der Waals surface area (Å²) in [5.41, 5.74) is 1.70. The van der Waals surface area contributed by atoms with Gasteiger partial charge in [-0.1, -0.05) is 6.07 Å². The molecule has 1 saturated heterocycles. The molecule has 6 heteroatoms. The zero-order valence-corrected chi connectivity index (χ0v) is 10.8. The van der Waals surface area contributed by atoms with Crippen LogP contribution in [0, 0.1) is 0 Å². The third-order valence-electron chi connectivity index (χ3n) is 3.56. The lowest BCUT2D eigenvalue weighted by molar-refractivity contribution is 0.0698. The molecule has 2 heterocycles. The third kappa shape index (κ3) is 2.04. The van der Waals surface area contributed by atoms with E-state index >= 15 is 0 Å². The molecule has 1 aromatic carbocycles. The molecular formula is C13H16N4O2. The van der Waals surface area contributed by atoms with Crippen LogP contribution in [-0.4, -0.2) is 58.9 Å². The molecule has 0 spiro atoms. The number of carbonyl (C=O) groups is 1. The lowest BCUT2D eigenvalue weighted by Gasteiger charge is -2.34. The number of hydrogen-bond donors (Lipinski definition) is 1. The Morgan fingerprint density at radius 3 is 2.68 bits per heavy atom. The first kappa shape index (κ1) is 12.0. The predicted octanol–water partition coefficient (Wildman–Crippen LogP) is 0.618. The molecule has 1 N–H and O–H groups in total. The summed E-state index contributed by atoms with van der Waals surface area (Å²) in [7, 11) is 2.09. The molecule has 1 aromatic heterocycles. The Hall–Kier alpha value is -2.08. The van der Waals surface area contributed by atoms with Crippen LogP contribution in [0.1, 0.15) is 10.4 Å². The molecule has 1 aliphatic rings. The van der Waals surface area contributed by atoms with Crippen LogP contribution in [0.4, 0.5) is 0 Å². The fraction of sp³-hybridized carbons (Fsp3) is 0.385. The average Bonchev–Trinajstić information content (AvgIpc) is 2.83. The predicted molar refractivity (Wildman–Crippen MR) is 72.1 cm³/mol. The van der Waals surface area contributed by atoms with E-state index in [1.165, 1.54) is 0 Å². The van der Waals surface area contributed by atoms with E-state index < -0.39 is 5.97 Å². The van der Waals surface area contributed by atoms with Gasteiger partial charge in [0.1, 0.15) is 11.8 Å². The maximum absolute atomic E-state index is 11.3. The molecular weight excluding hydrogens is 244 g/mol. The number of nitrogens with zero attached hydrogens (tertiary/aromatic N) is 4. The lowest BCUT2D eigenvalue weighted by atomic mass is 10.2. The van der Waals surface area contributed by atoms with Crippen LogP contribution in [0.2, 0.25) is 0 Å². The van der Waals surface area contributed by atoms with Crippen molar-refractivity contribution in [1.82, 2.24) is 14.6 Å². The lowest BCUT2D eigenvalue weighted by Crippen LogP contribution is -2.49. The number of aromatic nitrogens is 2. The second-order valence-electron chi connectivity index (χ2n) is 4.82. The Balaban J connectivity index is 2.06. The van der Waals surface area contributed by atoms with E-state index in [-0.39, 0.29) is 0 Å². The second-order valence-corrected chi connectivity index (χ2v) is 4.82. The fourth-order valence-corrected chi connectivity index (χ4v) is 2.45. The van der Waals surface area contributed by atoms with Gasteiger partial charge in [-0.2, -0.15) is 0 Å². The maximum atomic E-state index is 11.3. The molecule has 1 aliphatic heterocycles. The Bertz CT molecular complexity index is 614. The van der Waals surface area contributed by atoms with Crippen LogP contribution in [-0.2, 0) is 0 Å². The summed E-state index contributed by atoms with van der Waals surface area (Å²) in [5.74, 6) is -0.915. The van der Waals surface area contributed by atoms with E-state index in [0.29, 0.717) is 11.1 Å². The number of fused-ring (bicyclic) bond motifs is 1. The normalized spacial score (nSPS) is 17.0. The summed E-state index contributed by atoms with van der Waals surface area (Å²) in [6.07, 6.45) is 1.71. The van der Waals surface area contributed by atoms with Crippen molar-refractivity contribution in [3.8, 4) is 0 Å². The molecule has 0 saturated carbocycles. The zero-order valence-electron chi connectivity index (χ0n) is 10.8. The molecule has 0 bridgehead atoms. The molecule has 100 valence electrons. The molecule has 0 atom stereocenters. The van der Waals surface area contributed by atoms with Gasteiger partial charge in [0.05, 0.1) is 11.1 Å². The van der Waals surface area contributed by atoms with Crippen LogP contribution in [0.25, 0.3) is 11.0 Å². The van der Waals surface area contributed by atoms with Crippen molar-refractivity contribution < 1.29 is 9.90 Å². The highest BCUT2D eigenvalue weighted by atomic mass is 16.4. The van der Waals surface area contributed by atoms with E-state index in [9.17, 15) is 9.90 Å². The highest BCUT2D eigenvalue weighted by Crippen LogP contribution is 2.19. The summed E-state index contributed by atoms with van der Waals surface area (Å²) < 4.78 is 1.88. The van der Waals surface area contributed by atoms with Crippen molar-refractivity contribution in [2.45, 2.75) is 0 Å². The molecule has 1 fully saturated rings. The minimum atomic E-state index is -0.915. The van der Waals surface area contributed by atoms with E-state index in [1.54, 1.807) is 18.5 Å². The number of likely N-dealkylation sites (N-methyl/N-ethyl adjacent to an activating group) is 1. The van der Waals surface area contributed by atoms with Crippen LogP contribution in [0.5, 0.6) is 0 Å². The number of benzene rings is 1. The van der Waals surface area contributed by atoms with Gasteiger partial charge in [-0.25, -0.2) is 14.5 Å². The SMILES string of the molecule is CN1CCN(n2cnc3cccc(C(=O)O)c32)CC1. The van der Waals surface area contributed by atoms with Crippen molar-refractivity contribution in [2.75, 3.05) is 38.2 Å². The molecule has 0 unspecified atom stereocenters. The summed E-state index contributed by atoms with van der Waals surface area (Å²) >= 11 is 0. The number of carboxylic acids is 1. The number of imidazole rings is 1. The summed E-state index contributed by atoms with van der Waals surface area (Å²) in [6, 6.07) is 5.19. The van der Waals surface area contributed by atoms with Gasteiger partial charge in [0.15, 0.2) is 0 Å². The number of rotatable bonds is 2. The van der Waals surface area contributed by atoms with Crippen molar-refractivity contribution in [3.05, 3.63) is 30.1 Å². The highest BCUT2D eigenvalue weighted by Gasteiger charge is 2.19. The molecule has 6 nitrogen and oxygen atoms in total. The maximum Gasteiger partial charge on any atom is 0.337 e. The first-order chi connectivity index (χ1) is 9.16.